The second kappa shape index (κ2) is 5.92. The van der Waals surface area contributed by atoms with Crippen LogP contribution in [0, 0.1) is 0 Å². The largest absolute Gasteiger partial charge is 0.394 e. The molecule has 0 aliphatic heterocycles. The van der Waals surface area contributed by atoms with E-state index in [2.05, 4.69) is 5.32 Å². The minimum absolute atomic E-state index is 0.428. The maximum atomic E-state index is 10.9. The van der Waals surface area contributed by atoms with E-state index in [9.17, 15) is 4.79 Å². The highest BCUT2D eigenvalue weighted by Gasteiger charge is 2.31. The van der Waals surface area contributed by atoms with Crippen molar-refractivity contribution in [2.75, 3.05) is 19.8 Å². The van der Waals surface area contributed by atoms with E-state index in [1.165, 1.54) is 0 Å². The first kappa shape index (κ1) is 13.3. The summed E-state index contributed by atoms with van der Waals surface area (Å²) in [6.07, 6.45) is 0.428. The third-order valence-electron chi connectivity index (χ3n) is 2.14. The van der Waals surface area contributed by atoms with Crippen LogP contribution in [0.4, 0.5) is 0 Å². The molecule has 6 heteroatoms. The number of hydrogen-bond donors (Lipinski definition) is 5. The lowest BCUT2D eigenvalue weighted by Crippen LogP contribution is -2.61. The second-order valence-electron chi connectivity index (χ2n) is 3.26. The number of nitrogens with two attached hydrogens (primary N) is 1. The third-order valence-corrected chi connectivity index (χ3v) is 2.14. The quantitative estimate of drug-likeness (QED) is 0.317. The van der Waals surface area contributed by atoms with Crippen LogP contribution < -0.4 is 11.1 Å². The van der Waals surface area contributed by atoms with Gasteiger partial charge in [0, 0.05) is 0 Å². The third kappa shape index (κ3) is 3.22. The van der Waals surface area contributed by atoms with Crippen molar-refractivity contribution in [2.24, 2.45) is 5.73 Å². The summed E-state index contributed by atoms with van der Waals surface area (Å²) in [5.74, 6) is -0.577. The molecule has 0 aromatic heterocycles. The number of aliphatic hydroxyl groups is 3. The highest BCUT2D eigenvalue weighted by molar-refractivity contribution is 5.79. The lowest BCUT2D eigenvalue weighted by Gasteiger charge is -2.32. The summed E-state index contributed by atoms with van der Waals surface area (Å²) in [7, 11) is 0. The molecular weight excluding hydrogens is 188 g/mol. The fourth-order valence-corrected chi connectivity index (χ4v) is 1.03. The molecule has 1 atom stereocenters. The van der Waals surface area contributed by atoms with Crippen molar-refractivity contribution in [3.63, 3.8) is 0 Å². The Morgan fingerprint density at radius 2 is 1.79 bits per heavy atom. The first-order chi connectivity index (χ1) is 6.55. The molecule has 0 aromatic rings. The molecule has 1 amide bonds. The van der Waals surface area contributed by atoms with Gasteiger partial charge in [-0.3, -0.25) is 10.1 Å². The zero-order valence-corrected chi connectivity index (χ0v) is 8.23. The molecule has 0 saturated carbocycles. The van der Waals surface area contributed by atoms with E-state index in [-0.39, 0.29) is 0 Å². The van der Waals surface area contributed by atoms with Gasteiger partial charge in [0.1, 0.15) is 0 Å². The Morgan fingerprint density at radius 3 is 2.00 bits per heavy atom. The molecule has 6 nitrogen and oxygen atoms in total. The molecule has 0 saturated heterocycles. The van der Waals surface area contributed by atoms with Crippen LogP contribution in [-0.4, -0.2) is 52.6 Å². The van der Waals surface area contributed by atoms with Gasteiger partial charge in [0.25, 0.3) is 0 Å². The number of carbonyl (C=O) groups excluding carboxylic acids is 1. The zero-order chi connectivity index (χ0) is 11.2. The Hall–Kier alpha value is -0.690. The Kier molecular flexibility index (Phi) is 5.63. The molecule has 0 rings (SSSR count). The van der Waals surface area contributed by atoms with E-state index in [0.29, 0.717) is 6.42 Å². The van der Waals surface area contributed by atoms with E-state index in [0.717, 1.165) is 0 Å². The van der Waals surface area contributed by atoms with Crippen molar-refractivity contribution in [3.8, 4) is 0 Å². The molecule has 0 bridgehead atoms. The number of nitrogens with one attached hydrogen (secondary N) is 1. The van der Waals surface area contributed by atoms with Gasteiger partial charge in [-0.15, -0.1) is 0 Å². The number of hydrogen-bond acceptors (Lipinski definition) is 5. The van der Waals surface area contributed by atoms with Gasteiger partial charge in [-0.1, -0.05) is 6.92 Å². The molecule has 0 radical (unpaired) electrons. The van der Waals surface area contributed by atoms with E-state index in [1.807, 2.05) is 0 Å². The van der Waals surface area contributed by atoms with Crippen LogP contribution in [-0.2, 0) is 4.79 Å². The molecule has 1 unspecified atom stereocenters. The summed E-state index contributed by atoms with van der Waals surface area (Å²) in [4.78, 5) is 10.9. The Morgan fingerprint density at radius 1 is 1.36 bits per heavy atom. The monoisotopic (exact) mass is 206 g/mol. The van der Waals surface area contributed by atoms with Gasteiger partial charge in [0.15, 0.2) is 0 Å². The summed E-state index contributed by atoms with van der Waals surface area (Å²) < 4.78 is 0. The second-order valence-corrected chi connectivity index (χ2v) is 3.26. The molecule has 0 aromatic carbocycles. The Bertz CT molecular complexity index is 174. The predicted molar refractivity (Wildman–Crippen MR) is 50.4 cm³/mol. The van der Waals surface area contributed by atoms with Gasteiger partial charge in [0.2, 0.25) is 5.91 Å². The highest BCUT2D eigenvalue weighted by atomic mass is 16.3. The Balaban J connectivity index is 4.47. The van der Waals surface area contributed by atoms with E-state index in [4.69, 9.17) is 21.1 Å². The maximum absolute atomic E-state index is 10.9. The average Bonchev–Trinajstić information content (AvgIpc) is 2.20. The van der Waals surface area contributed by atoms with Crippen LogP contribution in [0.1, 0.15) is 13.3 Å². The normalized spacial score (nSPS) is 14.0. The van der Waals surface area contributed by atoms with Crippen molar-refractivity contribution in [1.82, 2.24) is 5.32 Å². The molecule has 14 heavy (non-hydrogen) atoms. The number of carbonyl (C=O) groups is 1. The number of primary amides is 1. The summed E-state index contributed by atoms with van der Waals surface area (Å²) in [6, 6.07) is -0.665. The minimum Gasteiger partial charge on any atom is -0.394 e. The van der Waals surface area contributed by atoms with E-state index >= 15 is 0 Å². The maximum Gasteiger partial charge on any atom is 0.234 e. The van der Waals surface area contributed by atoms with Gasteiger partial charge >= 0.3 is 0 Å². The number of rotatable bonds is 7. The van der Waals surface area contributed by atoms with Gasteiger partial charge in [-0.05, 0) is 6.42 Å². The molecular formula is C8H18N2O4. The lowest BCUT2D eigenvalue weighted by molar-refractivity contribution is -0.121. The van der Waals surface area contributed by atoms with Crippen molar-refractivity contribution in [1.29, 1.82) is 0 Å². The van der Waals surface area contributed by atoms with E-state index in [1.54, 1.807) is 6.92 Å². The molecule has 0 fully saturated rings. The number of amides is 1. The van der Waals surface area contributed by atoms with Crippen LogP contribution >= 0.6 is 0 Å². The SMILES string of the molecule is CCC(NC(CO)(CO)CO)C(N)=O. The minimum atomic E-state index is -1.25. The standard InChI is InChI=1S/C8H18N2O4/c1-2-6(7(9)14)10-8(3-11,4-12)5-13/h6,10-13H,2-5H2,1H3,(H2,9,14). The molecule has 0 heterocycles. The predicted octanol–water partition coefficient (Wildman–Crippen LogP) is -2.44. The van der Waals surface area contributed by atoms with Crippen LogP contribution in [0.5, 0.6) is 0 Å². The summed E-state index contributed by atoms with van der Waals surface area (Å²) >= 11 is 0. The smallest absolute Gasteiger partial charge is 0.234 e. The van der Waals surface area contributed by atoms with Crippen LogP contribution in [0.2, 0.25) is 0 Å². The van der Waals surface area contributed by atoms with Crippen molar-refractivity contribution < 1.29 is 20.1 Å². The average molecular weight is 206 g/mol. The van der Waals surface area contributed by atoms with Crippen molar-refractivity contribution in [2.45, 2.75) is 24.9 Å². The molecule has 0 aliphatic rings. The lowest BCUT2D eigenvalue weighted by atomic mass is 10.0. The topological polar surface area (TPSA) is 116 Å². The fourth-order valence-electron chi connectivity index (χ4n) is 1.03. The van der Waals surface area contributed by atoms with E-state index < -0.39 is 37.3 Å². The van der Waals surface area contributed by atoms with Crippen LogP contribution in [0.25, 0.3) is 0 Å². The first-order valence-electron chi connectivity index (χ1n) is 4.44. The Labute approximate surface area is 82.7 Å². The fraction of sp³-hybridized carbons (Fsp3) is 0.875. The first-order valence-corrected chi connectivity index (χ1v) is 4.44. The molecule has 84 valence electrons. The molecule has 6 N–H and O–H groups in total. The molecule has 0 spiro atoms. The van der Waals surface area contributed by atoms with Gasteiger partial charge in [-0.25, -0.2) is 0 Å². The highest BCUT2D eigenvalue weighted by Crippen LogP contribution is 2.05. The van der Waals surface area contributed by atoms with Gasteiger partial charge in [0.05, 0.1) is 31.4 Å². The summed E-state index contributed by atoms with van der Waals surface area (Å²) in [6.45, 7) is 0.330. The van der Waals surface area contributed by atoms with Crippen molar-refractivity contribution in [3.05, 3.63) is 0 Å². The number of aliphatic hydroxyl groups excluding tert-OH is 3. The van der Waals surface area contributed by atoms with Gasteiger partial charge < -0.3 is 21.1 Å². The summed E-state index contributed by atoms with van der Waals surface area (Å²) in [5.41, 5.74) is 3.82. The van der Waals surface area contributed by atoms with Gasteiger partial charge in [-0.2, -0.15) is 0 Å². The zero-order valence-electron chi connectivity index (χ0n) is 8.23. The molecule has 0 aliphatic carbocycles. The van der Waals surface area contributed by atoms with Crippen LogP contribution in [0.3, 0.4) is 0 Å². The van der Waals surface area contributed by atoms with Crippen molar-refractivity contribution >= 4 is 5.91 Å². The van der Waals surface area contributed by atoms with Crippen LogP contribution in [0.15, 0.2) is 0 Å². The summed E-state index contributed by atoms with van der Waals surface area (Å²) in [5, 5.41) is 29.5.